The van der Waals surface area contributed by atoms with E-state index < -0.39 is 51.9 Å². The number of amides is 3. The largest absolute Gasteiger partial charge is 0.448 e. The van der Waals surface area contributed by atoms with Crippen LogP contribution in [0.15, 0.2) is 102 Å². The first-order valence-corrected chi connectivity index (χ1v) is 16.4. The summed E-state index contributed by atoms with van der Waals surface area (Å²) in [5.74, 6) is -1.61. The van der Waals surface area contributed by atoms with Gasteiger partial charge in [-0.25, -0.2) is 14.6 Å². The van der Waals surface area contributed by atoms with Gasteiger partial charge >= 0.3 is 12.1 Å². The highest BCUT2D eigenvalue weighted by Gasteiger charge is 2.58. The van der Waals surface area contributed by atoms with Crippen molar-refractivity contribution < 1.29 is 32.9 Å². The van der Waals surface area contributed by atoms with Crippen LogP contribution in [0.1, 0.15) is 44.4 Å². The average Bonchev–Trinajstić information content (AvgIpc) is 3.41. The van der Waals surface area contributed by atoms with Crippen LogP contribution in [0.25, 0.3) is 0 Å². The number of carbonyl (C=O) groups is 4. The first-order chi connectivity index (χ1) is 22.5. The second-order valence-corrected chi connectivity index (χ2v) is 13.7. The van der Waals surface area contributed by atoms with E-state index in [4.69, 9.17) is 9.47 Å². The Labute approximate surface area is 273 Å². The maximum atomic E-state index is 14.2. The van der Waals surface area contributed by atoms with E-state index in [0.29, 0.717) is 35.5 Å². The van der Waals surface area contributed by atoms with E-state index in [0.717, 1.165) is 4.90 Å². The van der Waals surface area contributed by atoms with Crippen LogP contribution in [0.3, 0.4) is 0 Å². The fraction of sp³-hybridized carbons (Fsp3) is 0.294. The molecular weight excluding hydrogens is 622 g/mol. The standard InChI is InChI=1S/C34H33N5O7S/c1-34(2,3)46-33(43)37-26-30(41)39-27(32(42)45-28(21-10-6-4-7-11-21)22-12-8-5-9-13-22)24(20-47(44)31(26)39)18-23-14-17-38(29(23)40)25-19-35-15-16-36-25/h4-13,15-16,18-19,26,28,31H,14,17,20H2,1-3H3,(H,37,43)/b23-18+/t26-,31-,47-/m1/s1. The number of esters is 1. The molecule has 3 atom stereocenters. The number of ether oxygens (including phenoxy) is 2. The van der Waals surface area contributed by atoms with Crippen LogP contribution in [0.5, 0.6) is 0 Å². The molecule has 3 amide bonds. The van der Waals surface area contributed by atoms with Crippen molar-refractivity contribution >= 4 is 40.5 Å². The molecule has 0 spiro atoms. The summed E-state index contributed by atoms with van der Waals surface area (Å²) >= 11 is 0. The zero-order valence-corrected chi connectivity index (χ0v) is 26.8. The number of nitrogens with zero attached hydrogens (tertiary/aromatic N) is 4. The number of nitrogens with one attached hydrogen (secondary N) is 1. The zero-order valence-electron chi connectivity index (χ0n) is 26.0. The van der Waals surface area contributed by atoms with E-state index in [1.165, 1.54) is 29.6 Å². The van der Waals surface area contributed by atoms with E-state index >= 15 is 0 Å². The number of carbonyl (C=O) groups excluding carboxylic acids is 4. The summed E-state index contributed by atoms with van der Waals surface area (Å²) < 4.78 is 25.1. The fourth-order valence-electron chi connectivity index (χ4n) is 5.69. The van der Waals surface area contributed by atoms with Gasteiger partial charge in [-0.3, -0.25) is 28.6 Å². The van der Waals surface area contributed by atoms with Crippen LogP contribution >= 0.6 is 0 Å². The van der Waals surface area contributed by atoms with Crippen LogP contribution in [0.2, 0.25) is 0 Å². The first kappa shape index (κ1) is 31.8. The number of alkyl carbamates (subject to hydrolysis) is 1. The SMILES string of the molecule is CC(C)(C)OC(=O)N[C@@H]1C(=O)N2C(C(=O)OC(c3ccccc3)c3ccccc3)=C(/C=C3\CCN(c4cnccn4)C3=O)C[S@@](=O)[C@H]12. The number of fused-ring (bicyclic) bond motifs is 1. The van der Waals surface area contributed by atoms with Gasteiger partial charge in [-0.05, 0) is 50.0 Å². The summed E-state index contributed by atoms with van der Waals surface area (Å²) in [7, 11) is -1.75. The highest BCUT2D eigenvalue weighted by atomic mass is 32.2. The van der Waals surface area contributed by atoms with Crippen molar-refractivity contribution in [2.24, 2.45) is 0 Å². The highest BCUT2D eigenvalue weighted by Crippen LogP contribution is 2.38. The lowest BCUT2D eigenvalue weighted by Gasteiger charge is -2.49. The molecule has 3 aliphatic heterocycles. The molecule has 1 N–H and O–H groups in total. The summed E-state index contributed by atoms with van der Waals surface area (Å²) in [4.78, 5) is 64.7. The molecule has 0 radical (unpaired) electrons. The number of hydrogen-bond acceptors (Lipinski definition) is 9. The van der Waals surface area contributed by atoms with Crippen molar-refractivity contribution in [2.45, 2.75) is 50.3 Å². The maximum absolute atomic E-state index is 14.2. The van der Waals surface area contributed by atoms with Gasteiger partial charge in [-0.2, -0.15) is 0 Å². The molecule has 3 aromatic rings. The van der Waals surface area contributed by atoms with Crippen molar-refractivity contribution in [3.63, 3.8) is 0 Å². The van der Waals surface area contributed by atoms with Crippen LogP contribution in [-0.4, -0.2) is 72.3 Å². The summed E-state index contributed by atoms with van der Waals surface area (Å²) in [5.41, 5.74) is 1.02. The number of allylic oxidation sites excluding steroid dienone is 1. The van der Waals surface area contributed by atoms with E-state index in [2.05, 4.69) is 15.3 Å². The Bertz CT molecular complexity index is 1750. The van der Waals surface area contributed by atoms with Crippen LogP contribution < -0.4 is 10.2 Å². The molecule has 12 nitrogen and oxygen atoms in total. The monoisotopic (exact) mass is 655 g/mol. The fourth-order valence-corrected chi connectivity index (χ4v) is 7.32. The smallest absolute Gasteiger partial charge is 0.408 e. The van der Waals surface area contributed by atoms with Crippen molar-refractivity contribution in [1.29, 1.82) is 0 Å². The van der Waals surface area contributed by atoms with Gasteiger partial charge in [0.2, 0.25) is 0 Å². The van der Waals surface area contributed by atoms with E-state index in [1.807, 2.05) is 60.7 Å². The molecule has 47 heavy (non-hydrogen) atoms. The molecular formula is C34H33N5O7S. The Morgan fingerprint density at radius 1 is 1.02 bits per heavy atom. The molecule has 2 saturated heterocycles. The predicted octanol–water partition coefficient (Wildman–Crippen LogP) is 3.55. The first-order valence-electron chi connectivity index (χ1n) is 15.0. The minimum Gasteiger partial charge on any atom is -0.448 e. The summed E-state index contributed by atoms with van der Waals surface area (Å²) in [6.45, 7) is 5.38. The third-order valence-electron chi connectivity index (χ3n) is 7.75. The topological polar surface area (TPSA) is 148 Å². The molecule has 6 rings (SSSR count). The maximum Gasteiger partial charge on any atom is 0.408 e. The third-order valence-corrected chi connectivity index (χ3v) is 9.37. The number of hydrogen-bond donors (Lipinski definition) is 1. The summed E-state index contributed by atoms with van der Waals surface area (Å²) in [5, 5.41) is 1.47. The lowest BCUT2D eigenvalue weighted by molar-refractivity contribution is -0.153. The zero-order chi connectivity index (χ0) is 33.3. The molecule has 1 aromatic heterocycles. The quantitative estimate of drug-likeness (QED) is 0.229. The second kappa shape index (κ2) is 12.9. The number of β-lactam (4-membered cyclic amide) rings is 1. The Morgan fingerprint density at radius 3 is 2.28 bits per heavy atom. The van der Waals surface area contributed by atoms with Gasteiger partial charge in [0.15, 0.2) is 11.9 Å². The Hall–Kier alpha value is -5.17. The molecule has 2 aromatic carbocycles. The lowest BCUT2D eigenvalue weighted by Crippen LogP contribution is -2.73. The Balaban J connectivity index is 1.37. The Kier molecular flexibility index (Phi) is 8.74. The molecule has 0 unspecified atom stereocenters. The van der Waals surface area contributed by atoms with Crippen molar-refractivity contribution in [1.82, 2.24) is 20.2 Å². The van der Waals surface area contributed by atoms with Gasteiger partial charge in [-0.1, -0.05) is 60.7 Å². The molecule has 0 saturated carbocycles. The van der Waals surface area contributed by atoms with Crippen LogP contribution in [0, 0.1) is 0 Å². The normalized spacial score (nSPS) is 21.9. The summed E-state index contributed by atoms with van der Waals surface area (Å²) in [6.07, 6.45) is 4.64. The second-order valence-electron chi connectivity index (χ2n) is 12.2. The third kappa shape index (κ3) is 6.57. The molecule has 242 valence electrons. The van der Waals surface area contributed by atoms with Gasteiger partial charge in [0.25, 0.3) is 11.8 Å². The average molecular weight is 656 g/mol. The minimum atomic E-state index is -1.75. The van der Waals surface area contributed by atoms with Crippen LogP contribution in [0.4, 0.5) is 10.6 Å². The molecule has 4 heterocycles. The van der Waals surface area contributed by atoms with Gasteiger partial charge in [-0.15, -0.1) is 0 Å². The van der Waals surface area contributed by atoms with Gasteiger partial charge in [0.05, 0.1) is 22.7 Å². The van der Waals surface area contributed by atoms with E-state index in [-0.39, 0.29) is 22.9 Å². The van der Waals surface area contributed by atoms with Gasteiger partial charge < -0.3 is 14.8 Å². The predicted molar refractivity (Wildman–Crippen MR) is 172 cm³/mol. The van der Waals surface area contributed by atoms with Crippen molar-refractivity contribution in [3.05, 3.63) is 113 Å². The van der Waals surface area contributed by atoms with E-state index in [9.17, 15) is 23.4 Å². The Morgan fingerprint density at radius 2 is 1.68 bits per heavy atom. The van der Waals surface area contributed by atoms with Gasteiger partial charge in [0.1, 0.15) is 22.7 Å². The lowest BCUT2D eigenvalue weighted by atomic mass is 10.00. The molecule has 2 fully saturated rings. The number of benzene rings is 2. The highest BCUT2D eigenvalue weighted by molar-refractivity contribution is 7.86. The van der Waals surface area contributed by atoms with Crippen molar-refractivity contribution in [3.8, 4) is 0 Å². The number of aromatic nitrogens is 2. The minimum absolute atomic E-state index is 0.128. The molecule has 0 aliphatic carbocycles. The number of anilines is 1. The van der Waals surface area contributed by atoms with Gasteiger partial charge in [0, 0.05) is 24.5 Å². The molecule has 13 heteroatoms. The van der Waals surface area contributed by atoms with Crippen molar-refractivity contribution in [2.75, 3.05) is 17.2 Å². The summed E-state index contributed by atoms with van der Waals surface area (Å²) in [6, 6.07) is 17.1. The van der Waals surface area contributed by atoms with E-state index in [1.54, 1.807) is 20.8 Å². The van der Waals surface area contributed by atoms with Crippen LogP contribution in [-0.2, 0) is 34.7 Å². The molecule has 3 aliphatic rings. The molecule has 0 bridgehead atoms. The number of rotatable bonds is 7.